The van der Waals surface area contributed by atoms with Crippen LogP contribution in [0.3, 0.4) is 0 Å². The lowest BCUT2D eigenvalue weighted by molar-refractivity contribution is 1.17. The maximum Gasteiger partial charge on any atom is 0.134 e. The van der Waals surface area contributed by atoms with Crippen molar-refractivity contribution in [3.63, 3.8) is 0 Å². The van der Waals surface area contributed by atoms with E-state index in [4.69, 9.17) is 16.6 Å². The molecule has 3 rings (SSSR count). The normalized spacial score (nSPS) is 11.4. The Bertz CT molecular complexity index is 945. The van der Waals surface area contributed by atoms with E-state index in [1.165, 1.54) is 10.4 Å². The van der Waals surface area contributed by atoms with Crippen LogP contribution in [-0.2, 0) is 6.42 Å². The molecule has 1 heterocycles. The molecule has 2 aromatic carbocycles. The molecule has 1 aromatic heterocycles. The number of rotatable bonds is 4. The predicted molar refractivity (Wildman–Crippen MR) is 107 cm³/mol. The summed E-state index contributed by atoms with van der Waals surface area (Å²) < 4.78 is 0. The van der Waals surface area contributed by atoms with E-state index >= 15 is 0 Å². The van der Waals surface area contributed by atoms with Gasteiger partial charge in [0, 0.05) is 15.5 Å². The third-order valence-electron chi connectivity index (χ3n) is 3.88. The van der Waals surface area contributed by atoms with E-state index in [1.807, 2.05) is 30.3 Å². The average molecular weight is 365 g/mol. The van der Waals surface area contributed by atoms with Gasteiger partial charge in [-0.3, -0.25) is 0 Å². The number of nitriles is 1. The Morgan fingerprint density at radius 2 is 1.84 bits per heavy atom. The topological polar surface area (TPSA) is 36.7 Å². The fraction of sp³-hybridized carbons (Fsp3) is 0.143. The molecule has 4 heteroatoms. The van der Waals surface area contributed by atoms with E-state index in [9.17, 15) is 5.26 Å². The van der Waals surface area contributed by atoms with Crippen molar-refractivity contribution in [3.05, 3.63) is 74.6 Å². The van der Waals surface area contributed by atoms with E-state index < -0.39 is 0 Å². The summed E-state index contributed by atoms with van der Waals surface area (Å²) in [5, 5.41) is 11.0. The Labute approximate surface area is 157 Å². The van der Waals surface area contributed by atoms with Gasteiger partial charge in [-0.15, -0.1) is 11.3 Å². The van der Waals surface area contributed by atoms with Gasteiger partial charge in [0.05, 0.1) is 11.3 Å². The van der Waals surface area contributed by atoms with Gasteiger partial charge < -0.3 is 0 Å². The van der Waals surface area contributed by atoms with Gasteiger partial charge in [0.1, 0.15) is 11.1 Å². The summed E-state index contributed by atoms with van der Waals surface area (Å²) in [6.07, 6.45) is 2.74. The number of hydrogen-bond acceptors (Lipinski definition) is 3. The van der Waals surface area contributed by atoms with Crippen LogP contribution in [0.4, 0.5) is 0 Å². The molecule has 0 saturated carbocycles. The highest BCUT2D eigenvalue weighted by Gasteiger charge is 2.14. The molecule has 0 bridgehead atoms. The summed E-state index contributed by atoms with van der Waals surface area (Å²) in [6, 6.07) is 18.1. The van der Waals surface area contributed by atoms with Gasteiger partial charge in [-0.1, -0.05) is 60.5 Å². The van der Waals surface area contributed by atoms with Crippen molar-refractivity contribution in [1.82, 2.24) is 4.98 Å². The number of aryl methyl sites for hydroxylation is 2. The van der Waals surface area contributed by atoms with Crippen LogP contribution in [0.2, 0.25) is 5.02 Å². The highest BCUT2D eigenvalue weighted by atomic mass is 35.5. The van der Waals surface area contributed by atoms with Crippen molar-refractivity contribution < 1.29 is 0 Å². The van der Waals surface area contributed by atoms with Crippen LogP contribution in [-0.4, -0.2) is 4.98 Å². The molecule has 0 unspecified atom stereocenters. The highest BCUT2D eigenvalue weighted by molar-refractivity contribution is 7.13. The number of thiazole rings is 1. The third kappa shape index (κ3) is 3.99. The average Bonchev–Trinajstić information content (AvgIpc) is 3.06. The molecule has 25 heavy (non-hydrogen) atoms. The van der Waals surface area contributed by atoms with Crippen LogP contribution < -0.4 is 0 Å². The summed E-state index contributed by atoms with van der Waals surface area (Å²) >= 11 is 7.51. The molecule has 0 spiro atoms. The smallest absolute Gasteiger partial charge is 0.134 e. The lowest BCUT2D eigenvalue weighted by Gasteiger charge is -2.00. The Balaban J connectivity index is 2.03. The van der Waals surface area contributed by atoms with Gasteiger partial charge in [0.15, 0.2) is 0 Å². The van der Waals surface area contributed by atoms with Crippen molar-refractivity contribution in [1.29, 1.82) is 5.26 Å². The zero-order chi connectivity index (χ0) is 17.8. The van der Waals surface area contributed by atoms with Crippen molar-refractivity contribution in [3.8, 4) is 17.3 Å². The molecular weight excluding hydrogens is 348 g/mol. The third-order valence-corrected chi connectivity index (χ3v) is 5.36. The first-order chi connectivity index (χ1) is 12.1. The van der Waals surface area contributed by atoms with Gasteiger partial charge in [0.25, 0.3) is 0 Å². The van der Waals surface area contributed by atoms with Crippen molar-refractivity contribution >= 4 is 34.6 Å². The predicted octanol–water partition coefficient (Wildman–Crippen LogP) is 6.40. The maximum atomic E-state index is 9.60. The maximum absolute atomic E-state index is 9.60. The fourth-order valence-corrected chi connectivity index (χ4v) is 3.63. The Hall–Kier alpha value is -2.41. The fourth-order valence-electron chi connectivity index (χ4n) is 2.51. The Morgan fingerprint density at radius 1 is 1.16 bits per heavy atom. The van der Waals surface area contributed by atoms with Gasteiger partial charge in [-0.05, 0) is 37.1 Å². The number of allylic oxidation sites excluding steroid dienone is 1. The van der Waals surface area contributed by atoms with Crippen LogP contribution in [0.15, 0.2) is 48.5 Å². The molecule has 0 aliphatic carbocycles. The summed E-state index contributed by atoms with van der Waals surface area (Å²) in [5.41, 5.74) is 4.79. The molecule has 124 valence electrons. The largest absolute Gasteiger partial charge is 0.235 e. The first-order valence-electron chi connectivity index (χ1n) is 8.05. The van der Waals surface area contributed by atoms with Crippen LogP contribution in [0, 0.1) is 18.3 Å². The monoisotopic (exact) mass is 364 g/mol. The van der Waals surface area contributed by atoms with Gasteiger partial charge in [-0.2, -0.15) is 5.26 Å². The van der Waals surface area contributed by atoms with E-state index in [1.54, 1.807) is 11.3 Å². The molecule has 0 fully saturated rings. The first-order valence-corrected chi connectivity index (χ1v) is 9.24. The van der Waals surface area contributed by atoms with Crippen molar-refractivity contribution in [2.75, 3.05) is 0 Å². The number of aromatic nitrogens is 1. The van der Waals surface area contributed by atoms with Gasteiger partial charge in [0.2, 0.25) is 0 Å². The van der Waals surface area contributed by atoms with E-state index in [0.717, 1.165) is 28.2 Å². The van der Waals surface area contributed by atoms with Crippen LogP contribution in [0.25, 0.3) is 22.9 Å². The van der Waals surface area contributed by atoms with Crippen LogP contribution >= 0.6 is 22.9 Å². The zero-order valence-corrected chi connectivity index (χ0v) is 15.7. The minimum Gasteiger partial charge on any atom is -0.235 e. The Kier molecular flexibility index (Phi) is 5.33. The molecule has 0 saturated heterocycles. The molecule has 0 radical (unpaired) electrons. The molecule has 2 nitrogen and oxygen atoms in total. The molecular formula is C21H17ClN2S. The number of halogens is 1. The minimum absolute atomic E-state index is 0.570. The summed E-state index contributed by atoms with van der Waals surface area (Å²) in [7, 11) is 0. The molecule has 0 aliphatic heterocycles. The van der Waals surface area contributed by atoms with Crippen molar-refractivity contribution in [2.24, 2.45) is 0 Å². The van der Waals surface area contributed by atoms with Gasteiger partial charge >= 0.3 is 0 Å². The van der Waals surface area contributed by atoms with Crippen molar-refractivity contribution in [2.45, 2.75) is 20.3 Å². The van der Waals surface area contributed by atoms with E-state index in [2.05, 4.69) is 44.2 Å². The van der Waals surface area contributed by atoms with Crippen LogP contribution in [0.1, 0.15) is 27.9 Å². The zero-order valence-electron chi connectivity index (χ0n) is 14.1. The first kappa shape index (κ1) is 17.4. The van der Waals surface area contributed by atoms with Crippen LogP contribution in [0.5, 0.6) is 0 Å². The van der Waals surface area contributed by atoms with E-state index in [0.29, 0.717) is 10.6 Å². The molecule has 0 N–H and O–H groups in total. The highest BCUT2D eigenvalue weighted by Crippen LogP contribution is 2.33. The molecule has 0 atom stereocenters. The number of benzene rings is 2. The summed E-state index contributed by atoms with van der Waals surface area (Å²) in [6.45, 7) is 4.18. The number of hydrogen-bond donors (Lipinski definition) is 0. The molecule has 0 amide bonds. The molecule has 0 aliphatic rings. The second kappa shape index (κ2) is 7.65. The minimum atomic E-state index is 0.570. The quantitative estimate of drug-likeness (QED) is 0.502. The standard InChI is InChI=1S/C21H17ClN2S/c1-3-19-20(16-8-4-14(2)5-9-16)24-21(25-19)17(13-23)12-15-6-10-18(22)11-7-15/h4-12H,3H2,1-2H3. The Morgan fingerprint density at radius 3 is 2.44 bits per heavy atom. The summed E-state index contributed by atoms with van der Waals surface area (Å²) in [4.78, 5) is 5.96. The second-order valence-electron chi connectivity index (χ2n) is 5.73. The molecule has 3 aromatic rings. The lowest BCUT2D eigenvalue weighted by atomic mass is 10.1. The second-order valence-corrected chi connectivity index (χ2v) is 7.25. The summed E-state index contributed by atoms with van der Waals surface area (Å²) in [5.74, 6) is 0. The lowest BCUT2D eigenvalue weighted by Crippen LogP contribution is -1.85. The van der Waals surface area contributed by atoms with E-state index in [-0.39, 0.29) is 0 Å². The SMILES string of the molecule is CCc1sc(C(C#N)=Cc2ccc(Cl)cc2)nc1-c1ccc(C)cc1. The number of nitrogens with zero attached hydrogens (tertiary/aromatic N) is 2. The van der Waals surface area contributed by atoms with Gasteiger partial charge in [-0.25, -0.2) is 4.98 Å².